The Morgan fingerprint density at radius 1 is 1.21 bits per heavy atom. The van der Waals surface area contributed by atoms with Crippen LogP contribution in [0, 0.1) is 12.7 Å². The highest BCUT2D eigenvalue weighted by molar-refractivity contribution is 6.30. The van der Waals surface area contributed by atoms with Gasteiger partial charge in [-0.3, -0.25) is 0 Å². The third-order valence-corrected chi connectivity index (χ3v) is 3.32. The summed E-state index contributed by atoms with van der Waals surface area (Å²) in [6.45, 7) is 4.06. The molecule has 1 unspecified atom stereocenters. The maximum atomic E-state index is 13.6. The molecule has 19 heavy (non-hydrogen) atoms. The number of rotatable bonds is 4. The van der Waals surface area contributed by atoms with Gasteiger partial charge in [0.1, 0.15) is 5.82 Å². The molecular formula is C16H17ClFN. The lowest BCUT2D eigenvalue weighted by Gasteiger charge is -2.17. The Morgan fingerprint density at radius 3 is 2.68 bits per heavy atom. The van der Waals surface area contributed by atoms with E-state index in [9.17, 15) is 4.39 Å². The minimum Gasteiger partial charge on any atom is -0.382 e. The van der Waals surface area contributed by atoms with Gasteiger partial charge in [-0.25, -0.2) is 4.39 Å². The van der Waals surface area contributed by atoms with Gasteiger partial charge in [-0.2, -0.15) is 0 Å². The molecule has 2 aromatic rings. The van der Waals surface area contributed by atoms with Crippen LogP contribution in [0.5, 0.6) is 0 Å². The van der Waals surface area contributed by atoms with E-state index >= 15 is 0 Å². The molecule has 0 fully saturated rings. The van der Waals surface area contributed by atoms with Gasteiger partial charge in [0.25, 0.3) is 0 Å². The standard InChI is InChI=1S/C16H17ClFN/c1-11-7-8-14(17)10-16(11)19-12(2)9-13-5-3-4-6-15(13)18/h3-8,10,12,19H,9H2,1-2H3. The van der Waals surface area contributed by atoms with E-state index < -0.39 is 0 Å². The topological polar surface area (TPSA) is 12.0 Å². The lowest BCUT2D eigenvalue weighted by molar-refractivity contribution is 0.601. The van der Waals surface area contributed by atoms with Crippen molar-refractivity contribution in [3.8, 4) is 0 Å². The molecule has 0 aliphatic heterocycles. The Balaban J connectivity index is 2.07. The molecule has 0 amide bonds. The van der Waals surface area contributed by atoms with E-state index in [0.29, 0.717) is 11.4 Å². The maximum absolute atomic E-state index is 13.6. The van der Waals surface area contributed by atoms with Gasteiger partial charge in [0, 0.05) is 16.8 Å². The first-order valence-electron chi connectivity index (χ1n) is 6.32. The summed E-state index contributed by atoms with van der Waals surface area (Å²) < 4.78 is 13.6. The van der Waals surface area contributed by atoms with Crippen molar-refractivity contribution in [1.29, 1.82) is 0 Å². The molecule has 2 aromatic carbocycles. The Bertz CT molecular complexity index is 568. The number of benzene rings is 2. The molecule has 0 bridgehead atoms. The summed E-state index contributed by atoms with van der Waals surface area (Å²) in [5, 5.41) is 4.08. The van der Waals surface area contributed by atoms with Crippen molar-refractivity contribution < 1.29 is 4.39 Å². The summed E-state index contributed by atoms with van der Waals surface area (Å²) in [6, 6.07) is 12.7. The van der Waals surface area contributed by atoms with E-state index in [2.05, 4.69) is 5.32 Å². The zero-order valence-corrected chi connectivity index (χ0v) is 11.8. The van der Waals surface area contributed by atoms with Gasteiger partial charge in [-0.1, -0.05) is 35.9 Å². The average molecular weight is 278 g/mol. The number of aryl methyl sites for hydroxylation is 1. The van der Waals surface area contributed by atoms with E-state index in [1.807, 2.05) is 44.2 Å². The number of halogens is 2. The number of hydrogen-bond donors (Lipinski definition) is 1. The summed E-state index contributed by atoms with van der Waals surface area (Å²) in [4.78, 5) is 0. The minimum absolute atomic E-state index is 0.133. The van der Waals surface area contributed by atoms with Gasteiger partial charge >= 0.3 is 0 Å². The average Bonchev–Trinajstić information content (AvgIpc) is 2.37. The molecule has 0 saturated carbocycles. The van der Waals surface area contributed by atoms with Crippen LogP contribution in [-0.4, -0.2) is 6.04 Å². The second-order valence-electron chi connectivity index (χ2n) is 4.80. The lowest BCUT2D eigenvalue weighted by Crippen LogP contribution is -2.19. The van der Waals surface area contributed by atoms with Gasteiger partial charge in [-0.15, -0.1) is 0 Å². The molecule has 0 spiro atoms. The van der Waals surface area contributed by atoms with Crippen molar-refractivity contribution in [3.05, 3.63) is 64.4 Å². The molecule has 100 valence electrons. The van der Waals surface area contributed by atoms with Crippen molar-refractivity contribution >= 4 is 17.3 Å². The molecule has 0 aliphatic rings. The van der Waals surface area contributed by atoms with Gasteiger partial charge in [0.05, 0.1) is 0 Å². The largest absolute Gasteiger partial charge is 0.382 e. The van der Waals surface area contributed by atoms with Crippen LogP contribution in [0.3, 0.4) is 0 Å². The number of nitrogens with one attached hydrogen (secondary N) is 1. The SMILES string of the molecule is Cc1ccc(Cl)cc1NC(C)Cc1ccccc1F. The predicted octanol–water partition coefficient (Wildman–Crippen LogP) is 4.83. The van der Waals surface area contributed by atoms with E-state index in [4.69, 9.17) is 11.6 Å². The molecule has 1 N–H and O–H groups in total. The molecule has 0 heterocycles. The van der Waals surface area contributed by atoms with Crippen LogP contribution in [0.25, 0.3) is 0 Å². The molecule has 0 radical (unpaired) electrons. The molecule has 0 saturated heterocycles. The molecule has 1 atom stereocenters. The van der Waals surface area contributed by atoms with Gasteiger partial charge in [-0.05, 0) is 49.6 Å². The zero-order valence-electron chi connectivity index (χ0n) is 11.1. The lowest BCUT2D eigenvalue weighted by atomic mass is 10.1. The normalized spacial score (nSPS) is 12.2. The molecule has 1 nitrogen and oxygen atoms in total. The summed E-state index contributed by atoms with van der Waals surface area (Å²) >= 11 is 5.99. The van der Waals surface area contributed by atoms with Gasteiger partial charge in [0.15, 0.2) is 0 Å². The first-order chi connectivity index (χ1) is 9.06. The molecular weight excluding hydrogens is 261 g/mol. The fourth-order valence-electron chi connectivity index (χ4n) is 2.06. The Morgan fingerprint density at radius 2 is 1.95 bits per heavy atom. The molecule has 0 aliphatic carbocycles. The van der Waals surface area contributed by atoms with Crippen LogP contribution in [0.2, 0.25) is 5.02 Å². The second-order valence-corrected chi connectivity index (χ2v) is 5.24. The predicted molar refractivity (Wildman–Crippen MR) is 79.4 cm³/mol. The van der Waals surface area contributed by atoms with Crippen molar-refractivity contribution in [2.45, 2.75) is 26.3 Å². The molecule has 3 heteroatoms. The zero-order chi connectivity index (χ0) is 13.8. The summed E-state index contributed by atoms with van der Waals surface area (Å²) in [5.74, 6) is -0.154. The smallest absolute Gasteiger partial charge is 0.126 e. The first kappa shape index (κ1) is 13.9. The third-order valence-electron chi connectivity index (χ3n) is 3.09. The highest BCUT2D eigenvalue weighted by Crippen LogP contribution is 2.21. The quantitative estimate of drug-likeness (QED) is 0.844. The van der Waals surface area contributed by atoms with E-state index in [1.54, 1.807) is 6.07 Å². The van der Waals surface area contributed by atoms with Crippen molar-refractivity contribution in [2.24, 2.45) is 0 Å². The Hall–Kier alpha value is -1.54. The Labute approximate surface area is 118 Å². The van der Waals surface area contributed by atoms with Crippen LogP contribution < -0.4 is 5.32 Å². The summed E-state index contributed by atoms with van der Waals surface area (Å²) in [5.41, 5.74) is 2.85. The Kier molecular flexibility index (Phi) is 4.43. The van der Waals surface area contributed by atoms with Gasteiger partial charge < -0.3 is 5.32 Å². The van der Waals surface area contributed by atoms with Crippen molar-refractivity contribution in [3.63, 3.8) is 0 Å². The summed E-state index contributed by atoms with van der Waals surface area (Å²) in [7, 11) is 0. The monoisotopic (exact) mass is 277 g/mol. The van der Waals surface area contributed by atoms with Crippen LogP contribution in [-0.2, 0) is 6.42 Å². The van der Waals surface area contributed by atoms with E-state index in [1.165, 1.54) is 6.07 Å². The highest BCUT2D eigenvalue weighted by atomic mass is 35.5. The second kappa shape index (κ2) is 6.07. The molecule has 2 rings (SSSR count). The third kappa shape index (κ3) is 3.71. The fraction of sp³-hybridized carbons (Fsp3) is 0.250. The van der Waals surface area contributed by atoms with E-state index in [-0.39, 0.29) is 11.9 Å². The van der Waals surface area contributed by atoms with Crippen molar-refractivity contribution in [1.82, 2.24) is 0 Å². The number of anilines is 1. The van der Waals surface area contributed by atoms with Crippen LogP contribution in [0.4, 0.5) is 10.1 Å². The van der Waals surface area contributed by atoms with Gasteiger partial charge in [0.2, 0.25) is 0 Å². The van der Waals surface area contributed by atoms with Crippen LogP contribution in [0.15, 0.2) is 42.5 Å². The van der Waals surface area contributed by atoms with Crippen LogP contribution >= 0.6 is 11.6 Å². The number of hydrogen-bond acceptors (Lipinski definition) is 1. The first-order valence-corrected chi connectivity index (χ1v) is 6.70. The molecule has 0 aromatic heterocycles. The van der Waals surface area contributed by atoms with Crippen molar-refractivity contribution in [2.75, 3.05) is 5.32 Å². The minimum atomic E-state index is -0.154. The summed E-state index contributed by atoms with van der Waals surface area (Å²) in [6.07, 6.45) is 0.638. The maximum Gasteiger partial charge on any atom is 0.126 e. The van der Waals surface area contributed by atoms with Crippen LogP contribution in [0.1, 0.15) is 18.1 Å². The van der Waals surface area contributed by atoms with E-state index in [0.717, 1.165) is 16.8 Å². The highest BCUT2D eigenvalue weighted by Gasteiger charge is 2.08. The fourth-order valence-corrected chi connectivity index (χ4v) is 2.23.